The minimum atomic E-state index is -0.175. The summed E-state index contributed by atoms with van der Waals surface area (Å²) in [6.45, 7) is 2.25. The van der Waals surface area contributed by atoms with Crippen molar-refractivity contribution in [2.24, 2.45) is 0 Å². The average Bonchev–Trinajstić information content (AvgIpc) is 2.17. The minimum Gasteiger partial charge on any atom is -0.475 e. The van der Waals surface area contributed by atoms with Gasteiger partial charge in [0.15, 0.2) is 0 Å². The van der Waals surface area contributed by atoms with Crippen molar-refractivity contribution in [3.8, 4) is 0 Å². The number of aliphatic hydroxyl groups excluding tert-OH is 1. The number of benzene rings is 1. The summed E-state index contributed by atoms with van der Waals surface area (Å²) in [4.78, 5) is 0. The number of aliphatic hydroxyl groups is 1. The zero-order valence-electron chi connectivity index (χ0n) is 7.53. The molecule has 2 nitrogen and oxygen atoms in total. The molecule has 2 heteroatoms. The normalized spacial score (nSPS) is 8.69. The van der Waals surface area contributed by atoms with Crippen LogP contribution in [0.5, 0.6) is 0 Å². The van der Waals surface area contributed by atoms with Gasteiger partial charge in [0.2, 0.25) is 0 Å². The third-order valence-electron chi connectivity index (χ3n) is 1.44. The molecule has 0 atom stereocenters. The first kappa shape index (κ1) is 9.43. The van der Waals surface area contributed by atoms with E-state index < -0.39 is 0 Å². The van der Waals surface area contributed by atoms with E-state index in [0.29, 0.717) is 6.61 Å². The highest BCUT2D eigenvalue weighted by molar-refractivity contribution is 5.47. The van der Waals surface area contributed by atoms with Crippen molar-refractivity contribution >= 4 is 6.08 Å². The summed E-state index contributed by atoms with van der Waals surface area (Å²) in [6.07, 6.45) is 1.67. The molecule has 0 heterocycles. The molecule has 0 bridgehead atoms. The maximum Gasteiger partial charge on any atom is 0.325 e. The molecule has 13 heavy (non-hydrogen) atoms. The highest BCUT2D eigenvalue weighted by atomic mass is 16.6. The summed E-state index contributed by atoms with van der Waals surface area (Å²) in [5.74, 6) is -0.175. The summed E-state index contributed by atoms with van der Waals surface area (Å²) >= 11 is 0. The van der Waals surface area contributed by atoms with Gasteiger partial charge in [0.1, 0.15) is 0 Å². The molecule has 0 fully saturated rings. The Morgan fingerprint density at radius 1 is 1.46 bits per heavy atom. The lowest BCUT2D eigenvalue weighted by Gasteiger charge is -1.94. The van der Waals surface area contributed by atoms with Crippen molar-refractivity contribution in [2.45, 2.75) is 6.92 Å². The van der Waals surface area contributed by atoms with E-state index in [1.54, 1.807) is 13.0 Å². The molecule has 1 aromatic rings. The van der Waals surface area contributed by atoms with Gasteiger partial charge in [-0.25, -0.2) is 0 Å². The standard InChI is InChI=1S/C11H12O2/c1-2-13-11(12)9-8-10-6-4-3-5-7-10/h3-8,12H,2H2,1H3. The average molecular weight is 176 g/mol. The van der Waals surface area contributed by atoms with Crippen LogP contribution in [0.1, 0.15) is 12.5 Å². The maximum atomic E-state index is 9.06. The van der Waals surface area contributed by atoms with Crippen molar-refractivity contribution < 1.29 is 9.84 Å². The lowest BCUT2D eigenvalue weighted by molar-refractivity contribution is 0.104. The number of ether oxygens (including phenoxy) is 1. The molecule has 0 aromatic heterocycles. The van der Waals surface area contributed by atoms with Crippen molar-refractivity contribution in [3.63, 3.8) is 0 Å². The van der Waals surface area contributed by atoms with Gasteiger partial charge in [-0.05, 0) is 24.3 Å². The molecular weight excluding hydrogens is 164 g/mol. The van der Waals surface area contributed by atoms with Crippen LogP contribution < -0.4 is 0 Å². The molecule has 68 valence electrons. The summed E-state index contributed by atoms with van der Waals surface area (Å²) in [5, 5.41) is 9.06. The molecule has 0 aliphatic carbocycles. The van der Waals surface area contributed by atoms with E-state index in [9.17, 15) is 0 Å². The molecule has 0 saturated heterocycles. The predicted molar refractivity (Wildman–Crippen MR) is 52.2 cm³/mol. The molecule has 1 aromatic carbocycles. The van der Waals surface area contributed by atoms with E-state index in [2.05, 4.69) is 5.73 Å². The lowest BCUT2D eigenvalue weighted by Crippen LogP contribution is -1.86. The van der Waals surface area contributed by atoms with Gasteiger partial charge in [-0.2, -0.15) is 0 Å². The second-order valence-electron chi connectivity index (χ2n) is 2.44. The second kappa shape index (κ2) is 5.07. The van der Waals surface area contributed by atoms with Crippen LogP contribution in [0.3, 0.4) is 0 Å². The zero-order chi connectivity index (χ0) is 9.52. The smallest absolute Gasteiger partial charge is 0.325 e. The summed E-state index contributed by atoms with van der Waals surface area (Å²) in [7, 11) is 0. The molecule has 0 amide bonds. The minimum absolute atomic E-state index is 0.175. The zero-order valence-corrected chi connectivity index (χ0v) is 7.53. The molecule has 0 unspecified atom stereocenters. The quantitative estimate of drug-likeness (QED) is 0.566. The van der Waals surface area contributed by atoms with E-state index in [0.717, 1.165) is 5.56 Å². The largest absolute Gasteiger partial charge is 0.475 e. The highest BCUT2D eigenvalue weighted by Crippen LogP contribution is 2.00. The van der Waals surface area contributed by atoms with E-state index in [-0.39, 0.29) is 5.95 Å². The van der Waals surface area contributed by atoms with Crippen molar-refractivity contribution in [1.29, 1.82) is 0 Å². The fourth-order valence-corrected chi connectivity index (χ4v) is 0.873. The number of hydrogen-bond donors (Lipinski definition) is 1. The van der Waals surface area contributed by atoms with Crippen molar-refractivity contribution in [1.82, 2.24) is 0 Å². The highest BCUT2D eigenvalue weighted by Gasteiger charge is 1.86. The van der Waals surface area contributed by atoms with Crippen molar-refractivity contribution in [2.75, 3.05) is 6.61 Å². The van der Waals surface area contributed by atoms with E-state index >= 15 is 0 Å². The summed E-state index contributed by atoms with van der Waals surface area (Å²) in [5.41, 5.74) is 3.61. The Balaban J connectivity index is 2.73. The van der Waals surface area contributed by atoms with Crippen LogP contribution in [-0.4, -0.2) is 11.7 Å². The van der Waals surface area contributed by atoms with Crippen molar-refractivity contribution in [3.05, 3.63) is 47.6 Å². The Hall–Kier alpha value is -1.66. The molecule has 0 aliphatic heterocycles. The molecule has 0 saturated carbocycles. The van der Waals surface area contributed by atoms with Gasteiger partial charge < -0.3 is 9.84 Å². The number of rotatable bonds is 3. The third-order valence-corrected chi connectivity index (χ3v) is 1.44. The fraction of sp³-hybridized carbons (Fsp3) is 0.182. The Morgan fingerprint density at radius 2 is 2.15 bits per heavy atom. The summed E-state index contributed by atoms with van der Waals surface area (Å²) in [6, 6.07) is 9.62. The molecule has 0 radical (unpaired) electrons. The Bertz CT molecular complexity index is 308. The molecular formula is C11H12O2. The van der Waals surface area contributed by atoms with Gasteiger partial charge in [0.05, 0.1) is 6.61 Å². The van der Waals surface area contributed by atoms with Crippen LogP contribution >= 0.6 is 0 Å². The first-order valence-corrected chi connectivity index (χ1v) is 4.16. The monoisotopic (exact) mass is 176 g/mol. The Kier molecular flexibility index (Phi) is 3.68. The third kappa shape index (κ3) is 3.50. The fourth-order valence-electron chi connectivity index (χ4n) is 0.873. The molecule has 1 rings (SSSR count). The maximum absolute atomic E-state index is 9.06. The second-order valence-corrected chi connectivity index (χ2v) is 2.44. The Morgan fingerprint density at radius 3 is 2.77 bits per heavy atom. The van der Waals surface area contributed by atoms with Crippen LogP contribution in [0.25, 0.3) is 6.08 Å². The van der Waals surface area contributed by atoms with Gasteiger partial charge in [-0.15, -0.1) is 0 Å². The lowest BCUT2D eigenvalue weighted by atomic mass is 10.2. The van der Waals surface area contributed by atoms with Crippen LogP contribution in [0, 0.1) is 0 Å². The van der Waals surface area contributed by atoms with Gasteiger partial charge in [0.25, 0.3) is 0 Å². The van der Waals surface area contributed by atoms with E-state index in [1.165, 1.54) is 0 Å². The number of hydrogen-bond acceptors (Lipinski definition) is 2. The van der Waals surface area contributed by atoms with E-state index in [4.69, 9.17) is 9.84 Å². The van der Waals surface area contributed by atoms with Gasteiger partial charge in [-0.3, -0.25) is 0 Å². The van der Waals surface area contributed by atoms with E-state index in [1.807, 2.05) is 30.3 Å². The first-order chi connectivity index (χ1) is 6.33. The summed E-state index contributed by atoms with van der Waals surface area (Å²) < 4.78 is 4.79. The SMILES string of the molecule is CCOC(O)=C=Cc1ccccc1. The molecule has 0 spiro atoms. The van der Waals surface area contributed by atoms with Crippen LogP contribution in [-0.2, 0) is 4.74 Å². The van der Waals surface area contributed by atoms with Gasteiger partial charge in [-0.1, -0.05) is 30.3 Å². The molecule has 0 aliphatic rings. The molecule has 1 N–H and O–H groups in total. The van der Waals surface area contributed by atoms with Gasteiger partial charge in [0, 0.05) is 0 Å². The van der Waals surface area contributed by atoms with Crippen LogP contribution in [0.2, 0.25) is 0 Å². The van der Waals surface area contributed by atoms with Gasteiger partial charge >= 0.3 is 5.95 Å². The predicted octanol–water partition coefficient (Wildman–Crippen LogP) is 2.73. The Labute approximate surface area is 77.8 Å². The van der Waals surface area contributed by atoms with Crippen LogP contribution in [0.15, 0.2) is 42.0 Å². The van der Waals surface area contributed by atoms with Crippen LogP contribution in [0.4, 0.5) is 0 Å². The topological polar surface area (TPSA) is 29.5 Å². The first-order valence-electron chi connectivity index (χ1n) is 4.16.